The summed E-state index contributed by atoms with van der Waals surface area (Å²) in [6.45, 7) is 3.13. The van der Waals surface area contributed by atoms with Crippen molar-refractivity contribution >= 4 is 21.6 Å². The molecule has 16 heavy (non-hydrogen) atoms. The van der Waals surface area contributed by atoms with Gasteiger partial charge in [-0.3, -0.25) is 0 Å². The van der Waals surface area contributed by atoms with Gasteiger partial charge in [-0.05, 0) is 38.0 Å². The van der Waals surface area contributed by atoms with E-state index >= 15 is 0 Å². The van der Waals surface area contributed by atoms with Crippen molar-refractivity contribution in [3.8, 4) is 0 Å². The lowest BCUT2D eigenvalue weighted by Gasteiger charge is -2.23. The van der Waals surface area contributed by atoms with Gasteiger partial charge in [-0.15, -0.1) is 0 Å². The van der Waals surface area contributed by atoms with Gasteiger partial charge < -0.3 is 5.32 Å². The summed E-state index contributed by atoms with van der Waals surface area (Å²) in [5.74, 6) is 1.54. The Kier molecular flexibility index (Phi) is 6.15. The Balaban J connectivity index is 2.42. The maximum atomic E-state index is 11.2. The highest BCUT2D eigenvalue weighted by molar-refractivity contribution is 8.00. The van der Waals surface area contributed by atoms with E-state index in [4.69, 9.17) is 0 Å². The number of hydrogen-bond acceptors (Lipinski definition) is 4. The number of sulfone groups is 1. The normalized spacial score (nSPS) is 23.5. The second-order valence-electron chi connectivity index (χ2n) is 4.53. The van der Waals surface area contributed by atoms with Crippen molar-refractivity contribution in [1.82, 2.24) is 5.32 Å². The minimum Gasteiger partial charge on any atom is -0.313 e. The van der Waals surface area contributed by atoms with Crippen molar-refractivity contribution < 1.29 is 8.42 Å². The van der Waals surface area contributed by atoms with Gasteiger partial charge in [-0.25, -0.2) is 8.42 Å². The lowest BCUT2D eigenvalue weighted by Crippen LogP contribution is -2.39. The fourth-order valence-electron chi connectivity index (χ4n) is 2.01. The van der Waals surface area contributed by atoms with Crippen molar-refractivity contribution in [3.63, 3.8) is 0 Å². The van der Waals surface area contributed by atoms with Gasteiger partial charge in [0.25, 0.3) is 0 Å². The number of thioether (sulfide) groups is 1. The fraction of sp³-hybridized carbons (Fsp3) is 1.00. The number of nitrogens with one attached hydrogen (secondary N) is 1. The molecule has 1 aliphatic rings. The topological polar surface area (TPSA) is 46.2 Å². The summed E-state index contributed by atoms with van der Waals surface area (Å²) in [4.78, 5) is 0. The molecule has 2 atom stereocenters. The van der Waals surface area contributed by atoms with Crippen LogP contribution in [0.5, 0.6) is 0 Å². The van der Waals surface area contributed by atoms with E-state index in [2.05, 4.69) is 12.2 Å². The standard InChI is InChI=1S/C11H23NO2S2/c1-3-7-12-10(6-9-16(2,13)14)11-5-4-8-15-11/h10-12H,3-9H2,1-2H3. The average Bonchev–Trinajstić information content (AvgIpc) is 2.69. The second-order valence-corrected chi connectivity index (χ2v) is 8.14. The molecule has 1 heterocycles. The van der Waals surface area contributed by atoms with Gasteiger partial charge in [-0.1, -0.05) is 6.92 Å². The van der Waals surface area contributed by atoms with Crippen molar-refractivity contribution in [2.45, 2.75) is 43.9 Å². The zero-order valence-electron chi connectivity index (χ0n) is 10.2. The summed E-state index contributed by atoms with van der Waals surface area (Å²) in [6.07, 6.45) is 5.70. The van der Waals surface area contributed by atoms with Gasteiger partial charge in [0.2, 0.25) is 0 Å². The van der Waals surface area contributed by atoms with E-state index < -0.39 is 9.84 Å². The van der Waals surface area contributed by atoms with Crippen LogP contribution < -0.4 is 5.32 Å². The largest absolute Gasteiger partial charge is 0.313 e. The summed E-state index contributed by atoms with van der Waals surface area (Å²) in [5.41, 5.74) is 0. The lowest BCUT2D eigenvalue weighted by atomic mass is 10.1. The summed E-state index contributed by atoms with van der Waals surface area (Å²) in [5, 5.41) is 4.12. The predicted molar refractivity (Wildman–Crippen MR) is 71.9 cm³/mol. The molecule has 0 radical (unpaired) electrons. The highest BCUT2D eigenvalue weighted by atomic mass is 32.2. The Bertz CT molecular complexity index is 284. The van der Waals surface area contributed by atoms with Crippen LogP contribution in [0.1, 0.15) is 32.6 Å². The number of hydrogen-bond donors (Lipinski definition) is 1. The molecule has 2 unspecified atom stereocenters. The van der Waals surface area contributed by atoms with Crippen molar-refractivity contribution in [3.05, 3.63) is 0 Å². The Morgan fingerprint density at radius 1 is 1.50 bits per heavy atom. The third-order valence-corrected chi connectivity index (χ3v) is 5.36. The molecule has 0 aromatic heterocycles. The molecule has 0 spiro atoms. The molecule has 1 fully saturated rings. The SMILES string of the molecule is CCCNC(CCS(C)(=O)=O)C1CCCS1. The molecule has 1 aliphatic heterocycles. The van der Waals surface area contributed by atoms with E-state index in [0.29, 0.717) is 17.0 Å². The van der Waals surface area contributed by atoms with Crippen LogP contribution in [0.3, 0.4) is 0 Å². The summed E-state index contributed by atoms with van der Waals surface area (Å²) >= 11 is 1.99. The molecule has 0 saturated carbocycles. The molecule has 3 nitrogen and oxygen atoms in total. The number of rotatable bonds is 7. The highest BCUT2D eigenvalue weighted by Gasteiger charge is 2.25. The van der Waals surface area contributed by atoms with Crippen LogP contribution in [0, 0.1) is 0 Å². The van der Waals surface area contributed by atoms with Crippen LogP contribution in [0.15, 0.2) is 0 Å². The first-order valence-electron chi connectivity index (χ1n) is 6.05. The Morgan fingerprint density at radius 3 is 2.75 bits per heavy atom. The van der Waals surface area contributed by atoms with Crippen LogP contribution in [-0.4, -0.2) is 44.0 Å². The average molecular weight is 265 g/mol. The first-order chi connectivity index (χ1) is 7.53. The zero-order valence-corrected chi connectivity index (χ0v) is 11.9. The van der Waals surface area contributed by atoms with E-state index in [1.54, 1.807) is 0 Å². The molecule has 0 amide bonds. The van der Waals surface area contributed by atoms with E-state index in [9.17, 15) is 8.42 Å². The highest BCUT2D eigenvalue weighted by Crippen LogP contribution is 2.30. The van der Waals surface area contributed by atoms with Crippen LogP contribution >= 0.6 is 11.8 Å². The predicted octanol–water partition coefficient (Wildman–Crippen LogP) is 1.68. The molecule has 5 heteroatoms. The van der Waals surface area contributed by atoms with Crippen LogP contribution in [0.4, 0.5) is 0 Å². The van der Waals surface area contributed by atoms with Gasteiger partial charge >= 0.3 is 0 Å². The zero-order chi connectivity index (χ0) is 12.0. The van der Waals surface area contributed by atoms with Crippen LogP contribution in [0.25, 0.3) is 0 Å². The summed E-state index contributed by atoms with van der Waals surface area (Å²) < 4.78 is 22.4. The third-order valence-electron chi connectivity index (χ3n) is 2.87. The molecular weight excluding hydrogens is 242 g/mol. The first-order valence-corrected chi connectivity index (χ1v) is 9.16. The van der Waals surface area contributed by atoms with Crippen molar-refractivity contribution in [1.29, 1.82) is 0 Å². The molecule has 1 N–H and O–H groups in total. The fourth-order valence-corrected chi connectivity index (χ4v) is 4.13. The van der Waals surface area contributed by atoms with Gasteiger partial charge in [0.1, 0.15) is 9.84 Å². The monoisotopic (exact) mass is 265 g/mol. The van der Waals surface area contributed by atoms with Crippen LogP contribution in [0.2, 0.25) is 0 Å². The Labute approximate surface area is 104 Å². The van der Waals surface area contributed by atoms with Gasteiger partial charge in [0, 0.05) is 17.5 Å². The smallest absolute Gasteiger partial charge is 0.147 e. The Hall–Kier alpha value is 0.260. The molecule has 0 aliphatic carbocycles. The van der Waals surface area contributed by atoms with Crippen LogP contribution in [-0.2, 0) is 9.84 Å². The second kappa shape index (κ2) is 6.87. The minimum atomic E-state index is -2.82. The minimum absolute atomic E-state index is 0.311. The van der Waals surface area contributed by atoms with E-state index in [1.165, 1.54) is 24.9 Å². The molecule has 0 bridgehead atoms. The maximum absolute atomic E-state index is 11.2. The van der Waals surface area contributed by atoms with E-state index in [-0.39, 0.29) is 0 Å². The lowest BCUT2D eigenvalue weighted by molar-refractivity contribution is 0.471. The molecule has 96 valence electrons. The first kappa shape index (κ1) is 14.3. The summed E-state index contributed by atoms with van der Waals surface area (Å²) in [6, 6.07) is 0.377. The molecule has 1 saturated heterocycles. The summed E-state index contributed by atoms with van der Waals surface area (Å²) in [7, 11) is -2.82. The van der Waals surface area contributed by atoms with Gasteiger partial charge in [0.05, 0.1) is 5.75 Å². The quantitative estimate of drug-likeness (QED) is 0.761. The Morgan fingerprint density at radius 2 is 2.25 bits per heavy atom. The molecule has 0 aromatic rings. The van der Waals surface area contributed by atoms with E-state index in [0.717, 1.165) is 19.4 Å². The van der Waals surface area contributed by atoms with Gasteiger partial charge in [0.15, 0.2) is 0 Å². The maximum Gasteiger partial charge on any atom is 0.147 e. The van der Waals surface area contributed by atoms with E-state index in [1.807, 2.05) is 11.8 Å². The third kappa shape index (κ3) is 5.55. The molecule has 0 aromatic carbocycles. The van der Waals surface area contributed by atoms with Crippen molar-refractivity contribution in [2.75, 3.05) is 24.3 Å². The van der Waals surface area contributed by atoms with Crippen molar-refractivity contribution in [2.24, 2.45) is 0 Å². The molecule has 1 rings (SSSR count). The molecular formula is C11H23NO2S2. The van der Waals surface area contributed by atoms with Gasteiger partial charge in [-0.2, -0.15) is 11.8 Å².